The van der Waals surface area contributed by atoms with E-state index in [9.17, 15) is 19.2 Å². The second kappa shape index (κ2) is 37.5. The van der Waals surface area contributed by atoms with Gasteiger partial charge in [-0.1, -0.05) is 48.8 Å². The van der Waals surface area contributed by atoms with Crippen molar-refractivity contribution in [3.05, 3.63) is 0 Å². The molecule has 0 spiro atoms. The predicted molar refractivity (Wildman–Crippen MR) is 123 cm³/mol. The van der Waals surface area contributed by atoms with Gasteiger partial charge < -0.3 is 20.1 Å². The molecule has 0 aromatic heterocycles. The summed E-state index contributed by atoms with van der Waals surface area (Å²) >= 11 is 0. The largest absolute Gasteiger partial charge is 0.481 e. The number of carboxylic acids is 3. The molecule has 10 heteroatoms. The Bertz CT molecular complexity index is 438. The first kappa shape index (κ1) is 38.3. The molecule has 0 aromatic carbocycles. The molecule has 0 aliphatic rings. The Morgan fingerprint density at radius 3 is 1.33 bits per heavy atom. The lowest BCUT2D eigenvalue weighted by molar-refractivity contribution is -0.143. The SMILES string of the molecule is C#C.C#C.CCC(=O)O.CCCCOC(=O)CC.O=C(O)CCSSCCC(=O)O. The van der Waals surface area contributed by atoms with Gasteiger partial charge in [0.1, 0.15) is 0 Å². The number of unbranched alkanes of at least 4 members (excludes halogenated alkanes) is 1. The molecule has 30 heavy (non-hydrogen) atoms. The Kier molecular flexibility index (Phi) is 47.8. The molecular weight excluding hydrogens is 432 g/mol. The van der Waals surface area contributed by atoms with Crippen LogP contribution in [0.15, 0.2) is 0 Å². The summed E-state index contributed by atoms with van der Waals surface area (Å²) in [5.74, 6) is -1.42. The van der Waals surface area contributed by atoms with E-state index in [0.29, 0.717) is 24.5 Å². The van der Waals surface area contributed by atoms with Gasteiger partial charge >= 0.3 is 23.9 Å². The second-order valence-electron chi connectivity index (χ2n) is 4.61. The van der Waals surface area contributed by atoms with Crippen LogP contribution in [0.25, 0.3) is 0 Å². The van der Waals surface area contributed by atoms with Crippen LogP contribution in [-0.2, 0) is 23.9 Å². The van der Waals surface area contributed by atoms with Crippen LogP contribution in [-0.4, -0.2) is 57.3 Å². The van der Waals surface area contributed by atoms with Crippen molar-refractivity contribution in [2.75, 3.05) is 18.1 Å². The summed E-state index contributed by atoms with van der Waals surface area (Å²) in [6.07, 6.45) is 19.0. The van der Waals surface area contributed by atoms with E-state index in [4.69, 9.17) is 20.1 Å². The van der Waals surface area contributed by atoms with Crippen LogP contribution in [0.4, 0.5) is 0 Å². The quantitative estimate of drug-likeness (QED) is 0.167. The van der Waals surface area contributed by atoms with Crippen LogP contribution in [0, 0.1) is 25.7 Å². The number of esters is 1. The summed E-state index contributed by atoms with van der Waals surface area (Å²) in [5, 5.41) is 24.2. The molecule has 3 N–H and O–H groups in total. The number of hydrogen-bond acceptors (Lipinski definition) is 7. The number of rotatable bonds is 12. The molecule has 0 unspecified atom stereocenters. The van der Waals surface area contributed by atoms with Crippen LogP contribution >= 0.6 is 21.6 Å². The molecule has 0 atom stereocenters. The Labute approximate surface area is 187 Å². The highest BCUT2D eigenvalue weighted by atomic mass is 33.1. The fourth-order valence-electron chi connectivity index (χ4n) is 0.808. The standard InChI is InChI=1S/C7H14O2.C6H10O4S2.C3H6O2.2C2H2/c1-3-5-6-9-7(8)4-2;7-5(8)1-3-11-12-4-2-6(9)10;1-2-3(4)5;2*1-2/h3-6H2,1-2H3;1-4H2,(H,7,8)(H,9,10);2H2,1H3,(H,4,5);2*1-2H. The molecule has 0 amide bonds. The average molecular weight is 467 g/mol. The van der Waals surface area contributed by atoms with Crippen molar-refractivity contribution in [3.8, 4) is 25.7 Å². The molecule has 8 nitrogen and oxygen atoms in total. The molecule has 0 saturated carbocycles. The molecule has 0 heterocycles. The maximum absolute atomic E-state index is 10.5. The minimum absolute atomic E-state index is 0.0940. The highest BCUT2D eigenvalue weighted by Crippen LogP contribution is 2.22. The number of aliphatic carboxylic acids is 3. The van der Waals surface area contributed by atoms with Crippen molar-refractivity contribution in [3.63, 3.8) is 0 Å². The summed E-state index contributed by atoms with van der Waals surface area (Å²) in [6, 6.07) is 0. The molecule has 0 fully saturated rings. The third kappa shape index (κ3) is 63.6. The Morgan fingerprint density at radius 1 is 0.733 bits per heavy atom. The van der Waals surface area contributed by atoms with Gasteiger partial charge in [0.05, 0.1) is 19.4 Å². The van der Waals surface area contributed by atoms with Crippen LogP contribution in [0.2, 0.25) is 0 Å². The van der Waals surface area contributed by atoms with Crippen molar-refractivity contribution in [1.82, 2.24) is 0 Å². The van der Waals surface area contributed by atoms with Gasteiger partial charge in [-0.2, -0.15) is 0 Å². The van der Waals surface area contributed by atoms with Gasteiger partial charge in [-0.15, -0.1) is 25.7 Å². The van der Waals surface area contributed by atoms with Gasteiger partial charge in [0.15, 0.2) is 0 Å². The van der Waals surface area contributed by atoms with E-state index < -0.39 is 17.9 Å². The first-order valence-corrected chi connectivity index (χ1v) is 11.4. The van der Waals surface area contributed by atoms with Gasteiger partial charge in [-0.25, -0.2) is 0 Å². The number of carboxylic acid groups (broad SMARTS) is 3. The fraction of sp³-hybridized carbons (Fsp3) is 0.600. The van der Waals surface area contributed by atoms with E-state index in [2.05, 4.69) is 32.6 Å². The fourth-order valence-corrected chi connectivity index (χ4v) is 2.77. The first-order chi connectivity index (χ1) is 14.2. The Morgan fingerprint density at radius 2 is 1.10 bits per heavy atom. The molecule has 0 rings (SSSR count). The summed E-state index contributed by atoms with van der Waals surface area (Å²) < 4.78 is 4.79. The van der Waals surface area contributed by atoms with Crippen molar-refractivity contribution in [2.24, 2.45) is 0 Å². The highest BCUT2D eigenvalue weighted by Gasteiger charge is 1.99. The molecule has 0 aliphatic heterocycles. The van der Waals surface area contributed by atoms with E-state index in [-0.39, 0.29) is 25.2 Å². The van der Waals surface area contributed by atoms with Crippen LogP contribution in [0.5, 0.6) is 0 Å². The van der Waals surface area contributed by atoms with Gasteiger partial charge in [0.25, 0.3) is 0 Å². The molecular formula is C20H34O8S2. The van der Waals surface area contributed by atoms with Crippen LogP contribution in [0.1, 0.15) is 59.3 Å². The van der Waals surface area contributed by atoms with E-state index >= 15 is 0 Å². The third-order valence-electron chi connectivity index (χ3n) is 2.23. The summed E-state index contributed by atoms with van der Waals surface area (Å²) in [5.41, 5.74) is 0. The lowest BCUT2D eigenvalue weighted by Crippen LogP contribution is -2.02. The molecule has 0 aromatic rings. The predicted octanol–water partition coefficient (Wildman–Crippen LogP) is 4.04. The highest BCUT2D eigenvalue weighted by molar-refractivity contribution is 8.76. The third-order valence-corrected chi connectivity index (χ3v) is 4.64. The lowest BCUT2D eigenvalue weighted by Gasteiger charge is -1.99. The smallest absolute Gasteiger partial charge is 0.305 e. The summed E-state index contributed by atoms with van der Waals surface area (Å²) in [6.45, 7) is 6.06. The molecule has 0 aliphatic carbocycles. The van der Waals surface area contributed by atoms with Crippen molar-refractivity contribution >= 4 is 45.5 Å². The topological polar surface area (TPSA) is 138 Å². The summed E-state index contributed by atoms with van der Waals surface area (Å²) in [4.78, 5) is 39.9. The zero-order valence-corrected chi connectivity index (χ0v) is 19.5. The van der Waals surface area contributed by atoms with Gasteiger partial charge in [0.2, 0.25) is 0 Å². The van der Waals surface area contributed by atoms with Gasteiger partial charge in [-0.05, 0) is 6.42 Å². The van der Waals surface area contributed by atoms with Crippen molar-refractivity contribution < 1.29 is 39.2 Å². The molecule has 0 bridgehead atoms. The zero-order valence-electron chi connectivity index (χ0n) is 17.9. The van der Waals surface area contributed by atoms with E-state index in [0.717, 1.165) is 12.8 Å². The first-order valence-electron chi connectivity index (χ1n) is 8.93. The average Bonchev–Trinajstić information content (AvgIpc) is 2.74. The Balaban J connectivity index is -0.000000102. The van der Waals surface area contributed by atoms with E-state index in [1.54, 1.807) is 13.8 Å². The van der Waals surface area contributed by atoms with Crippen molar-refractivity contribution in [2.45, 2.75) is 59.3 Å². The number of terminal acetylenes is 2. The number of ether oxygens (including phenoxy) is 1. The number of carbonyl (C=O) groups excluding carboxylic acids is 1. The maximum Gasteiger partial charge on any atom is 0.305 e. The van der Waals surface area contributed by atoms with Crippen LogP contribution < -0.4 is 0 Å². The molecule has 174 valence electrons. The number of hydrogen-bond donors (Lipinski definition) is 3. The maximum atomic E-state index is 10.5. The van der Waals surface area contributed by atoms with E-state index in [1.165, 1.54) is 21.6 Å². The molecule has 0 saturated heterocycles. The van der Waals surface area contributed by atoms with Gasteiger partial charge in [0, 0.05) is 24.3 Å². The Hall–Kier alpha value is -2.30. The monoisotopic (exact) mass is 466 g/mol. The lowest BCUT2D eigenvalue weighted by atomic mass is 10.4. The van der Waals surface area contributed by atoms with Gasteiger partial charge in [-0.3, -0.25) is 19.2 Å². The number of carbonyl (C=O) groups is 4. The second-order valence-corrected chi connectivity index (χ2v) is 7.31. The summed E-state index contributed by atoms with van der Waals surface area (Å²) in [7, 11) is 2.79. The zero-order chi connectivity index (χ0) is 24.8. The minimum atomic E-state index is -0.818. The minimum Gasteiger partial charge on any atom is -0.481 e. The normalized spacial score (nSPS) is 7.97. The molecule has 0 radical (unpaired) electrons. The van der Waals surface area contributed by atoms with Crippen molar-refractivity contribution in [1.29, 1.82) is 0 Å². The van der Waals surface area contributed by atoms with Crippen LogP contribution in [0.3, 0.4) is 0 Å². The van der Waals surface area contributed by atoms with E-state index in [1.807, 2.05) is 0 Å².